The molecule has 1 aromatic heterocycles. The first kappa shape index (κ1) is 13.5. The van der Waals surface area contributed by atoms with Gasteiger partial charge in [0, 0.05) is 6.54 Å². The van der Waals surface area contributed by atoms with Crippen molar-refractivity contribution in [3.63, 3.8) is 0 Å². The van der Waals surface area contributed by atoms with E-state index < -0.39 is 0 Å². The Morgan fingerprint density at radius 1 is 1.45 bits per heavy atom. The molecule has 0 aliphatic carbocycles. The summed E-state index contributed by atoms with van der Waals surface area (Å²) in [4.78, 5) is 7.27. The zero-order valence-electron chi connectivity index (χ0n) is 11.7. The highest BCUT2D eigenvalue weighted by molar-refractivity contribution is 7.18. The molecule has 0 bridgehead atoms. The van der Waals surface area contributed by atoms with Crippen molar-refractivity contribution in [2.24, 2.45) is 5.92 Å². The van der Waals surface area contributed by atoms with Gasteiger partial charge < -0.3 is 0 Å². The van der Waals surface area contributed by atoms with E-state index in [0.29, 0.717) is 6.04 Å². The largest absolute Gasteiger partial charge is 0.293 e. The first-order valence-electron chi connectivity index (χ1n) is 7.27. The van der Waals surface area contributed by atoms with Crippen molar-refractivity contribution >= 4 is 21.6 Å². The van der Waals surface area contributed by atoms with Crippen LogP contribution in [0, 0.1) is 17.2 Å². The number of likely N-dealkylation sites (tertiary alicyclic amines) is 1. The minimum atomic E-state index is 0.0879. The van der Waals surface area contributed by atoms with Gasteiger partial charge in [-0.05, 0) is 38.4 Å². The molecular weight excluding hydrogens is 266 g/mol. The molecule has 1 aliphatic rings. The summed E-state index contributed by atoms with van der Waals surface area (Å²) in [5.74, 6) is 0.0879. The topological polar surface area (TPSA) is 39.9 Å². The maximum absolute atomic E-state index is 9.05. The Balaban J connectivity index is 1.87. The summed E-state index contributed by atoms with van der Waals surface area (Å²) in [5.41, 5.74) is 1.10. The summed E-state index contributed by atoms with van der Waals surface area (Å²) in [6.45, 7) is 3.95. The van der Waals surface area contributed by atoms with Crippen LogP contribution in [-0.4, -0.2) is 23.0 Å². The van der Waals surface area contributed by atoms with Crippen LogP contribution in [0.25, 0.3) is 10.2 Å². The highest BCUT2D eigenvalue weighted by Gasteiger charge is 2.27. The maximum atomic E-state index is 9.05. The minimum absolute atomic E-state index is 0.0879. The van der Waals surface area contributed by atoms with Crippen LogP contribution in [0.5, 0.6) is 0 Å². The predicted molar refractivity (Wildman–Crippen MR) is 82.6 cm³/mol. The third-order valence-corrected chi connectivity index (χ3v) is 5.08. The van der Waals surface area contributed by atoms with Gasteiger partial charge in [-0.3, -0.25) is 4.90 Å². The van der Waals surface area contributed by atoms with E-state index in [1.165, 1.54) is 22.5 Å². The number of hydrogen-bond donors (Lipinski definition) is 0. The third-order valence-electron chi connectivity index (χ3n) is 3.94. The summed E-state index contributed by atoms with van der Waals surface area (Å²) in [7, 11) is 0. The van der Waals surface area contributed by atoms with Crippen LogP contribution >= 0.6 is 11.3 Å². The molecule has 20 heavy (non-hydrogen) atoms. The summed E-state index contributed by atoms with van der Waals surface area (Å²) in [5, 5.41) is 10.3. The quantitative estimate of drug-likeness (QED) is 0.856. The molecule has 0 spiro atoms. The van der Waals surface area contributed by atoms with Gasteiger partial charge in [0.05, 0.1) is 28.2 Å². The Hall–Kier alpha value is -1.44. The van der Waals surface area contributed by atoms with Crippen molar-refractivity contribution in [2.45, 2.75) is 32.2 Å². The molecule has 3 rings (SSSR count). The van der Waals surface area contributed by atoms with Crippen LogP contribution in [0.2, 0.25) is 0 Å². The number of thiazole rings is 1. The van der Waals surface area contributed by atoms with Crippen LogP contribution in [0.1, 0.15) is 37.2 Å². The van der Waals surface area contributed by atoms with Crippen LogP contribution in [0.3, 0.4) is 0 Å². The Morgan fingerprint density at radius 3 is 3.10 bits per heavy atom. The molecule has 1 aromatic carbocycles. The van der Waals surface area contributed by atoms with Gasteiger partial charge in [-0.15, -0.1) is 11.3 Å². The molecule has 1 fully saturated rings. The van der Waals surface area contributed by atoms with E-state index in [9.17, 15) is 0 Å². The highest BCUT2D eigenvalue weighted by Crippen LogP contribution is 2.35. The number of nitriles is 1. The summed E-state index contributed by atoms with van der Waals surface area (Å²) >= 11 is 1.81. The Bertz CT molecular complexity index is 595. The number of hydrogen-bond acceptors (Lipinski definition) is 4. The summed E-state index contributed by atoms with van der Waals surface area (Å²) in [6, 6.07) is 11.1. The molecule has 4 heteroatoms. The number of nitrogens with zero attached hydrogens (tertiary/aromatic N) is 3. The van der Waals surface area contributed by atoms with Gasteiger partial charge >= 0.3 is 0 Å². The second-order valence-electron chi connectivity index (χ2n) is 5.56. The SMILES string of the molecule is C[C@@H](C#N)CN1CCCC[C@@H]1c1nc2ccccc2s1. The van der Waals surface area contributed by atoms with Gasteiger partial charge in [-0.25, -0.2) is 4.98 Å². The first-order valence-corrected chi connectivity index (χ1v) is 8.08. The van der Waals surface area contributed by atoms with E-state index in [-0.39, 0.29) is 5.92 Å². The van der Waals surface area contributed by atoms with Gasteiger partial charge in [-0.2, -0.15) is 5.26 Å². The Morgan fingerprint density at radius 2 is 2.30 bits per heavy atom. The van der Waals surface area contributed by atoms with Gasteiger partial charge in [0.15, 0.2) is 0 Å². The second kappa shape index (κ2) is 5.90. The molecule has 1 saturated heterocycles. The summed E-state index contributed by atoms with van der Waals surface area (Å²) in [6.07, 6.45) is 3.66. The standard InChI is InChI=1S/C16H19N3S/c1-12(10-17)11-19-9-5-4-7-14(19)16-18-13-6-2-3-8-15(13)20-16/h2-3,6,8,12,14H,4-5,7,9,11H2,1H3/t12-,14+/m0/s1. The third kappa shape index (κ3) is 2.70. The average molecular weight is 285 g/mol. The number of para-hydroxylation sites is 1. The number of piperidine rings is 1. The molecule has 0 N–H and O–H groups in total. The maximum Gasteiger partial charge on any atom is 0.111 e. The molecule has 2 heterocycles. The lowest BCUT2D eigenvalue weighted by molar-refractivity contribution is 0.138. The van der Waals surface area contributed by atoms with E-state index in [0.717, 1.165) is 25.0 Å². The lowest BCUT2D eigenvalue weighted by Gasteiger charge is -2.35. The van der Waals surface area contributed by atoms with Crippen molar-refractivity contribution in [3.05, 3.63) is 29.3 Å². The van der Waals surface area contributed by atoms with Crippen LogP contribution in [0.4, 0.5) is 0 Å². The molecular formula is C16H19N3S. The molecule has 2 atom stereocenters. The Labute approximate surface area is 123 Å². The van der Waals surface area contributed by atoms with Crippen LogP contribution in [-0.2, 0) is 0 Å². The molecule has 0 saturated carbocycles. The van der Waals surface area contributed by atoms with Crippen molar-refractivity contribution < 1.29 is 0 Å². The van der Waals surface area contributed by atoms with Crippen LogP contribution in [0.15, 0.2) is 24.3 Å². The molecule has 0 amide bonds. The fraction of sp³-hybridized carbons (Fsp3) is 0.500. The summed E-state index contributed by atoms with van der Waals surface area (Å²) < 4.78 is 1.27. The van der Waals surface area contributed by atoms with Crippen molar-refractivity contribution in [3.8, 4) is 6.07 Å². The van der Waals surface area contributed by atoms with Gasteiger partial charge in [0.25, 0.3) is 0 Å². The molecule has 0 radical (unpaired) electrons. The minimum Gasteiger partial charge on any atom is -0.293 e. The second-order valence-corrected chi connectivity index (χ2v) is 6.62. The van der Waals surface area contributed by atoms with Crippen molar-refractivity contribution in [1.82, 2.24) is 9.88 Å². The van der Waals surface area contributed by atoms with E-state index >= 15 is 0 Å². The molecule has 1 aliphatic heterocycles. The number of benzene rings is 1. The van der Waals surface area contributed by atoms with Crippen LogP contribution < -0.4 is 0 Å². The van der Waals surface area contributed by atoms with Crippen molar-refractivity contribution in [1.29, 1.82) is 5.26 Å². The van der Waals surface area contributed by atoms with Crippen molar-refractivity contribution in [2.75, 3.05) is 13.1 Å². The van der Waals surface area contributed by atoms with E-state index in [1.807, 2.05) is 13.0 Å². The van der Waals surface area contributed by atoms with E-state index in [2.05, 4.69) is 29.2 Å². The van der Waals surface area contributed by atoms with Gasteiger partial charge in [0.1, 0.15) is 5.01 Å². The van der Waals surface area contributed by atoms with E-state index in [1.54, 1.807) is 11.3 Å². The lowest BCUT2D eigenvalue weighted by Crippen LogP contribution is -2.36. The van der Waals surface area contributed by atoms with Gasteiger partial charge in [0.2, 0.25) is 0 Å². The monoisotopic (exact) mass is 285 g/mol. The normalized spacial score (nSPS) is 21.7. The smallest absolute Gasteiger partial charge is 0.111 e. The predicted octanol–water partition coefficient (Wildman–Crippen LogP) is 3.98. The molecule has 3 nitrogen and oxygen atoms in total. The molecule has 0 unspecified atom stereocenters. The zero-order valence-corrected chi connectivity index (χ0v) is 12.6. The number of rotatable bonds is 3. The average Bonchev–Trinajstić information content (AvgIpc) is 2.91. The fourth-order valence-electron chi connectivity index (χ4n) is 2.91. The van der Waals surface area contributed by atoms with Gasteiger partial charge in [-0.1, -0.05) is 18.6 Å². The first-order chi connectivity index (χ1) is 9.78. The number of fused-ring (bicyclic) bond motifs is 1. The Kier molecular flexibility index (Phi) is 4.00. The van der Waals surface area contributed by atoms with E-state index in [4.69, 9.17) is 10.2 Å². The number of aromatic nitrogens is 1. The lowest BCUT2D eigenvalue weighted by atomic mass is 10.0. The molecule has 2 aromatic rings. The fourth-order valence-corrected chi connectivity index (χ4v) is 4.05. The molecule has 104 valence electrons. The zero-order chi connectivity index (χ0) is 13.9. The highest BCUT2D eigenvalue weighted by atomic mass is 32.1.